The van der Waals surface area contributed by atoms with Crippen molar-refractivity contribution >= 4 is 27.7 Å². The van der Waals surface area contributed by atoms with Crippen molar-refractivity contribution in [1.29, 1.82) is 0 Å². The van der Waals surface area contributed by atoms with Crippen molar-refractivity contribution < 1.29 is 17.7 Å². The number of aromatic nitrogens is 1. The molecule has 1 amide bonds. The number of carbonyl (C=O) groups is 1. The molecule has 162 valence electrons. The van der Waals surface area contributed by atoms with Crippen LogP contribution < -0.4 is 5.32 Å². The van der Waals surface area contributed by atoms with Crippen LogP contribution in [0.2, 0.25) is 0 Å². The lowest BCUT2D eigenvalue weighted by atomic mass is 9.98. The Kier molecular flexibility index (Phi) is 6.62. The summed E-state index contributed by atoms with van der Waals surface area (Å²) in [6, 6.07) is 7.54. The quantitative estimate of drug-likeness (QED) is 0.754. The van der Waals surface area contributed by atoms with E-state index < -0.39 is 15.9 Å². The Hall–Kier alpha value is -2.65. The van der Waals surface area contributed by atoms with Gasteiger partial charge in [0, 0.05) is 45.1 Å². The van der Waals surface area contributed by atoms with E-state index in [1.54, 1.807) is 24.1 Å². The van der Waals surface area contributed by atoms with Crippen molar-refractivity contribution in [1.82, 2.24) is 14.4 Å². The molecule has 1 atom stereocenters. The number of carbonyl (C=O) groups excluding carboxylic acids is 1. The molecule has 0 spiro atoms. The smallest absolute Gasteiger partial charge is 0.248 e. The fourth-order valence-corrected chi connectivity index (χ4v) is 5.26. The summed E-state index contributed by atoms with van der Waals surface area (Å²) in [5.74, 6) is -0.405. The first-order valence-electron chi connectivity index (χ1n) is 9.87. The predicted molar refractivity (Wildman–Crippen MR) is 115 cm³/mol. The molecule has 9 heteroatoms. The van der Waals surface area contributed by atoms with E-state index in [0.717, 1.165) is 5.56 Å². The Morgan fingerprint density at radius 2 is 2.10 bits per heavy atom. The van der Waals surface area contributed by atoms with Crippen LogP contribution in [-0.4, -0.2) is 55.9 Å². The number of sulfonamides is 1. The van der Waals surface area contributed by atoms with Crippen LogP contribution in [0.25, 0.3) is 6.08 Å². The third kappa shape index (κ3) is 4.91. The number of nitrogens with zero attached hydrogens (tertiary/aromatic N) is 3. The van der Waals surface area contributed by atoms with Gasteiger partial charge in [0.15, 0.2) is 10.7 Å². The Morgan fingerprint density at radius 1 is 1.33 bits per heavy atom. The van der Waals surface area contributed by atoms with Crippen LogP contribution in [0.1, 0.15) is 29.9 Å². The number of aryl methyl sites for hydroxylation is 2. The molecule has 30 heavy (non-hydrogen) atoms. The highest BCUT2D eigenvalue weighted by Crippen LogP contribution is 2.29. The van der Waals surface area contributed by atoms with Crippen molar-refractivity contribution in [3.8, 4) is 0 Å². The number of hydrogen-bond acceptors (Lipinski definition) is 6. The molecular formula is C21H28N4O4S. The summed E-state index contributed by atoms with van der Waals surface area (Å²) in [6.07, 6.45) is 4.53. The van der Waals surface area contributed by atoms with Gasteiger partial charge < -0.3 is 14.7 Å². The molecule has 3 rings (SSSR count). The van der Waals surface area contributed by atoms with Gasteiger partial charge in [-0.15, -0.1) is 0 Å². The minimum atomic E-state index is -3.85. The first-order chi connectivity index (χ1) is 14.2. The lowest BCUT2D eigenvalue weighted by Gasteiger charge is -2.31. The van der Waals surface area contributed by atoms with Gasteiger partial charge in [-0.25, -0.2) is 8.42 Å². The largest absolute Gasteiger partial charge is 0.383 e. The van der Waals surface area contributed by atoms with Gasteiger partial charge in [0.2, 0.25) is 15.9 Å². The van der Waals surface area contributed by atoms with Gasteiger partial charge >= 0.3 is 0 Å². The molecule has 1 N–H and O–H groups in total. The van der Waals surface area contributed by atoms with Gasteiger partial charge in [-0.2, -0.15) is 4.31 Å². The van der Waals surface area contributed by atoms with Gasteiger partial charge in [0.05, 0.1) is 5.92 Å². The molecule has 1 aliphatic heterocycles. The van der Waals surface area contributed by atoms with E-state index in [-0.39, 0.29) is 23.1 Å². The molecule has 2 heterocycles. The van der Waals surface area contributed by atoms with Crippen LogP contribution in [-0.2, 0) is 14.8 Å². The van der Waals surface area contributed by atoms with E-state index in [4.69, 9.17) is 4.52 Å². The van der Waals surface area contributed by atoms with Crippen LogP contribution in [0.5, 0.6) is 0 Å². The maximum absolute atomic E-state index is 13.4. The van der Waals surface area contributed by atoms with Crippen molar-refractivity contribution in [2.75, 3.05) is 32.5 Å². The van der Waals surface area contributed by atoms with E-state index >= 15 is 0 Å². The van der Waals surface area contributed by atoms with Gasteiger partial charge in [0.1, 0.15) is 5.69 Å². The second kappa shape index (κ2) is 9.01. The highest BCUT2D eigenvalue weighted by molar-refractivity contribution is 7.89. The normalized spacial score (nSPS) is 17.9. The molecule has 1 fully saturated rings. The van der Waals surface area contributed by atoms with Crippen molar-refractivity contribution in [3.05, 3.63) is 47.5 Å². The number of benzene rings is 1. The standard InChI is InChI=1S/C21H28N4O4S/c1-15-7-5-9-18(13-15)22-21(26)17-8-6-11-25(14-17)30(27,28)20-16(2)23-29-19(20)10-12-24(3)4/h5,7,9-10,12-13,17H,6,8,11,14H2,1-4H3,(H,22,26)/b12-10+. The summed E-state index contributed by atoms with van der Waals surface area (Å²) in [5, 5.41) is 6.75. The van der Waals surface area contributed by atoms with Gasteiger partial charge in [-0.05, 0) is 44.4 Å². The monoisotopic (exact) mass is 432 g/mol. The first-order valence-corrected chi connectivity index (χ1v) is 11.3. The number of nitrogens with one attached hydrogen (secondary N) is 1. The highest BCUT2D eigenvalue weighted by atomic mass is 32.2. The second-order valence-corrected chi connectivity index (χ2v) is 9.68. The molecule has 0 bridgehead atoms. The molecule has 0 radical (unpaired) electrons. The van der Waals surface area contributed by atoms with Crippen LogP contribution in [0.4, 0.5) is 5.69 Å². The van der Waals surface area contributed by atoms with Gasteiger partial charge in [-0.3, -0.25) is 4.79 Å². The molecule has 1 saturated heterocycles. The molecule has 1 aromatic heterocycles. The molecule has 1 unspecified atom stereocenters. The van der Waals surface area contributed by atoms with Crippen LogP contribution in [0.15, 0.2) is 39.9 Å². The molecule has 8 nitrogen and oxygen atoms in total. The highest BCUT2D eigenvalue weighted by Gasteiger charge is 2.36. The molecule has 0 aliphatic carbocycles. The lowest BCUT2D eigenvalue weighted by Crippen LogP contribution is -2.43. The molecule has 1 aromatic carbocycles. The van der Waals surface area contributed by atoms with Crippen LogP contribution in [0, 0.1) is 19.8 Å². The Balaban J connectivity index is 1.79. The summed E-state index contributed by atoms with van der Waals surface area (Å²) in [6.45, 7) is 4.04. The minimum Gasteiger partial charge on any atom is -0.383 e. The van der Waals surface area contributed by atoms with E-state index in [2.05, 4.69) is 10.5 Å². The zero-order chi connectivity index (χ0) is 21.9. The maximum Gasteiger partial charge on any atom is 0.248 e. The van der Waals surface area contributed by atoms with Gasteiger partial charge in [-0.1, -0.05) is 17.3 Å². The average molecular weight is 433 g/mol. The maximum atomic E-state index is 13.4. The van der Waals surface area contributed by atoms with E-state index in [1.165, 1.54) is 4.31 Å². The van der Waals surface area contributed by atoms with Crippen molar-refractivity contribution in [2.24, 2.45) is 5.92 Å². The zero-order valence-corrected chi connectivity index (χ0v) is 18.6. The Morgan fingerprint density at radius 3 is 2.80 bits per heavy atom. The Bertz CT molecular complexity index is 1040. The number of rotatable bonds is 6. The Labute approximate surface area is 177 Å². The number of piperidine rings is 1. The summed E-state index contributed by atoms with van der Waals surface area (Å²) < 4.78 is 33.3. The van der Waals surface area contributed by atoms with Crippen molar-refractivity contribution in [3.63, 3.8) is 0 Å². The summed E-state index contributed by atoms with van der Waals surface area (Å²) in [5.41, 5.74) is 2.06. The first kappa shape index (κ1) is 22.0. The topological polar surface area (TPSA) is 95.8 Å². The lowest BCUT2D eigenvalue weighted by molar-refractivity contribution is -0.120. The molecule has 2 aromatic rings. The van der Waals surface area contributed by atoms with E-state index in [9.17, 15) is 13.2 Å². The molecule has 0 saturated carbocycles. The summed E-state index contributed by atoms with van der Waals surface area (Å²) >= 11 is 0. The minimum absolute atomic E-state index is 0.0559. The molecular weight excluding hydrogens is 404 g/mol. The number of anilines is 1. The SMILES string of the molecule is Cc1cccc(NC(=O)C2CCCN(S(=O)(=O)c3c(C)noc3/C=C/N(C)C)C2)c1. The number of amides is 1. The zero-order valence-electron chi connectivity index (χ0n) is 17.8. The van der Waals surface area contributed by atoms with Crippen molar-refractivity contribution in [2.45, 2.75) is 31.6 Å². The van der Waals surface area contributed by atoms with Crippen LogP contribution in [0.3, 0.4) is 0 Å². The summed E-state index contributed by atoms with van der Waals surface area (Å²) in [7, 11) is -0.188. The number of hydrogen-bond donors (Lipinski definition) is 1. The third-order valence-electron chi connectivity index (χ3n) is 5.00. The van der Waals surface area contributed by atoms with E-state index in [1.807, 2.05) is 45.3 Å². The molecule has 1 aliphatic rings. The average Bonchev–Trinajstić information content (AvgIpc) is 3.07. The third-order valence-corrected chi connectivity index (χ3v) is 7.02. The fraction of sp³-hybridized carbons (Fsp3) is 0.429. The second-order valence-electron chi connectivity index (χ2n) is 7.80. The van der Waals surface area contributed by atoms with Crippen LogP contribution >= 0.6 is 0 Å². The predicted octanol–water partition coefficient (Wildman–Crippen LogP) is 2.86. The summed E-state index contributed by atoms with van der Waals surface area (Å²) in [4.78, 5) is 14.6. The fourth-order valence-electron chi connectivity index (χ4n) is 3.49. The van der Waals surface area contributed by atoms with Gasteiger partial charge in [0.25, 0.3) is 0 Å². The van der Waals surface area contributed by atoms with E-state index in [0.29, 0.717) is 30.8 Å².